The molecule has 1 aliphatic rings. The fraction of sp³-hybridized carbons (Fsp3) is 0.538. The minimum absolute atomic E-state index is 0.0175. The first-order valence-corrected chi connectivity index (χ1v) is 6.37. The average molecular weight is 256 g/mol. The van der Waals surface area contributed by atoms with Crippen molar-refractivity contribution in [3.8, 4) is 0 Å². The Kier molecular flexibility index (Phi) is 4.26. The van der Waals surface area contributed by atoms with E-state index in [4.69, 9.17) is 16.3 Å². The van der Waals surface area contributed by atoms with Crippen molar-refractivity contribution in [3.05, 3.63) is 28.8 Å². The van der Waals surface area contributed by atoms with Crippen LogP contribution in [0, 0.1) is 0 Å². The molecule has 1 N–H and O–H groups in total. The Morgan fingerprint density at radius 2 is 2.35 bits per heavy atom. The SMILES string of the molecule is CCC1COCCN1c1ccc(Cl)cc1CO. The lowest BCUT2D eigenvalue weighted by atomic mass is 10.1. The van der Waals surface area contributed by atoms with Crippen LogP contribution in [-0.2, 0) is 11.3 Å². The normalized spacial score (nSPS) is 20.6. The van der Waals surface area contributed by atoms with Gasteiger partial charge in [0.05, 0.1) is 25.9 Å². The van der Waals surface area contributed by atoms with Gasteiger partial charge in [0.25, 0.3) is 0 Å². The molecule has 0 aromatic heterocycles. The molecular formula is C13H18ClNO2. The molecule has 0 saturated carbocycles. The molecule has 0 amide bonds. The van der Waals surface area contributed by atoms with E-state index >= 15 is 0 Å². The molecule has 3 nitrogen and oxygen atoms in total. The van der Waals surface area contributed by atoms with Gasteiger partial charge in [-0.1, -0.05) is 18.5 Å². The van der Waals surface area contributed by atoms with Crippen LogP contribution in [0.4, 0.5) is 5.69 Å². The molecule has 0 aliphatic carbocycles. The number of morpholine rings is 1. The van der Waals surface area contributed by atoms with Crippen LogP contribution in [0.2, 0.25) is 5.02 Å². The van der Waals surface area contributed by atoms with Gasteiger partial charge in [-0.05, 0) is 24.6 Å². The summed E-state index contributed by atoms with van der Waals surface area (Å²) in [6, 6.07) is 6.08. The number of nitrogens with zero attached hydrogens (tertiary/aromatic N) is 1. The summed E-state index contributed by atoms with van der Waals surface area (Å²) in [7, 11) is 0. The van der Waals surface area contributed by atoms with Crippen molar-refractivity contribution in [2.24, 2.45) is 0 Å². The second-order valence-electron chi connectivity index (χ2n) is 4.26. The Balaban J connectivity index is 2.30. The average Bonchev–Trinajstić information content (AvgIpc) is 2.38. The van der Waals surface area contributed by atoms with Gasteiger partial charge in [-0.2, -0.15) is 0 Å². The zero-order valence-electron chi connectivity index (χ0n) is 10.0. The van der Waals surface area contributed by atoms with Crippen LogP contribution in [-0.4, -0.2) is 30.9 Å². The van der Waals surface area contributed by atoms with Crippen molar-refractivity contribution in [1.82, 2.24) is 0 Å². The van der Waals surface area contributed by atoms with Gasteiger partial charge >= 0.3 is 0 Å². The molecule has 0 bridgehead atoms. The zero-order valence-corrected chi connectivity index (χ0v) is 10.8. The molecule has 0 spiro atoms. The van der Waals surface area contributed by atoms with Crippen molar-refractivity contribution >= 4 is 17.3 Å². The second kappa shape index (κ2) is 5.71. The van der Waals surface area contributed by atoms with Crippen LogP contribution in [0.3, 0.4) is 0 Å². The van der Waals surface area contributed by atoms with Gasteiger partial charge in [0.15, 0.2) is 0 Å². The largest absolute Gasteiger partial charge is 0.392 e. The van der Waals surface area contributed by atoms with E-state index in [0.29, 0.717) is 11.1 Å². The maximum Gasteiger partial charge on any atom is 0.0702 e. The minimum atomic E-state index is 0.0175. The van der Waals surface area contributed by atoms with Crippen LogP contribution in [0.5, 0.6) is 0 Å². The number of hydrogen-bond donors (Lipinski definition) is 1. The number of halogens is 1. The van der Waals surface area contributed by atoms with Crippen molar-refractivity contribution in [2.75, 3.05) is 24.7 Å². The quantitative estimate of drug-likeness (QED) is 0.901. The number of ether oxygens (including phenoxy) is 1. The number of aliphatic hydroxyl groups is 1. The Morgan fingerprint density at radius 3 is 3.06 bits per heavy atom. The second-order valence-corrected chi connectivity index (χ2v) is 4.70. The van der Waals surface area contributed by atoms with E-state index in [1.807, 2.05) is 18.2 Å². The highest BCUT2D eigenvalue weighted by Gasteiger charge is 2.23. The van der Waals surface area contributed by atoms with Crippen LogP contribution in [0.15, 0.2) is 18.2 Å². The van der Waals surface area contributed by atoms with E-state index in [-0.39, 0.29) is 6.61 Å². The van der Waals surface area contributed by atoms with Crippen LogP contribution >= 0.6 is 11.6 Å². The summed E-state index contributed by atoms with van der Waals surface area (Å²) in [5.74, 6) is 0. The van der Waals surface area contributed by atoms with Gasteiger partial charge < -0.3 is 14.7 Å². The summed E-state index contributed by atoms with van der Waals surface area (Å²) in [6.07, 6.45) is 1.04. The molecular weight excluding hydrogens is 238 g/mol. The van der Waals surface area contributed by atoms with E-state index in [9.17, 15) is 5.11 Å². The summed E-state index contributed by atoms with van der Waals surface area (Å²) in [5, 5.41) is 10.1. The summed E-state index contributed by atoms with van der Waals surface area (Å²) >= 11 is 5.95. The topological polar surface area (TPSA) is 32.7 Å². The summed E-state index contributed by atoms with van der Waals surface area (Å²) in [5.41, 5.74) is 1.96. The number of aliphatic hydroxyl groups excluding tert-OH is 1. The van der Waals surface area contributed by atoms with Crippen molar-refractivity contribution in [2.45, 2.75) is 26.0 Å². The standard InChI is InChI=1S/C13H18ClNO2/c1-2-12-9-17-6-5-15(12)13-4-3-11(14)7-10(13)8-16/h3-4,7,12,16H,2,5-6,8-9H2,1H3. The molecule has 1 atom stereocenters. The molecule has 1 heterocycles. The molecule has 1 unspecified atom stereocenters. The molecule has 1 aromatic rings. The lowest BCUT2D eigenvalue weighted by molar-refractivity contribution is 0.0927. The molecule has 17 heavy (non-hydrogen) atoms. The lowest BCUT2D eigenvalue weighted by Gasteiger charge is -2.38. The predicted octanol–water partition coefficient (Wildman–Crippen LogP) is 2.45. The highest BCUT2D eigenvalue weighted by Crippen LogP contribution is 2.28. The summed E-state index contributed by atoms with van der Waals surface area (Å²) < 4.78 is 5.49. The maximum absolute atomic E-state index is 9.42. The first-order valence-electron chi connectivity index (χ1n) is 6.00. The number of rotatable bonds is 3. The number of hydrogen-bond acceptors (Lipinski definition) is 3. The lowest BCUT2D eigenvalue weighted by Crippen LogP contribution is -2.45. The smallest absolute Gasteiger partial charge is 0.0702 e. The Hall–Kier alpha value is -0.770. The Morgan fingerprint density at radius 1 is 1.53 bits per heavy atom. The van der Waals surface area contributed by atoms with Crippen LogP contribution in [0.1, 0.15) is 18.9 Å². The predicted molar refractivity (Wildman–Crippen MR) is 69.6 cm³/mol. The van der Waals surface area contributed by atoms with E-state index in [2.05, 4.69) is 11.8 Å². The van der Waals surface area contributed by atoms with Gasteiger partial charge in [0, 0.05) is 22.8 Å². The van der Waals surface area contributed by atoms with Gasteiger partial charge in [-0.3, -0.25) is 0 Å². The van der Waals surface area contributed by atoms with Crippen LogP contribution < -0.4 is 4.90 Å². The zero-order chi connectivity index (χ0) is 12.3. The van der Waals surface area contributed by atoms with Gasteiger partial charge in [0.1, 0.15) is 0 Å². The summed E-state index contributed by atoms with van der Waals surface area (Å²) in [6.45, 7) is 4.53. The van der Waals surface area contributed by atoms with Gasteiger partial charge in [-0.25, -0.2) is 0 Å². The van der Waals surface area contributed by atoms with E-state index < -0.39 is 0 Å². The van der Waals surface area contributed by atoms with Gasteiger partial charge in [0.2, 0.25) is 0 Å². The molecule has 1 aliphatic heterocycles. The third-order valence-electron chi connectivity index (χ3n) is 3.22. The highest BCUT2D eigenvalue weighted by atomic mass is 35.5. The van der Waals surface area contributed by atoms with Crippen molar-refractivity contribution in [3.63, 3.8) is 0 Å². The Labute approximate surface area is 107 Å². The first kappa shape index (κ1) is 12.7. The molecule has 1 aromatic carbocycles. The molecule has 2 rings (SSSR count). The molecule has 0 radical (unpaired) electrons. The molecule has 1 fully saturated rings. The van der Waals surface area contributed by atoms with Gasteiger partial charge in [-0.15, -0.1) is 0 Å². The number of anilines is 1. The van der Waals surface area contributed by atoms with E-state index in [1.165, 1.54) is 0 Å². The van der Waals surface area contributed by atoms with Crippen molar-refractivity contribution in [1.29, 1.82) is 0 Å². The van der Waals surface area contributed by atoms with E-state index in [1.54, 1.807) is 0 Å². The highest BCUT2D eigenvalue weighted by molar-refractivity contribution is 6.30. The monoisotopic (exact) mass is 255 g/mol. The van der Waals surface area contributed by atoms with Crippen molar-refractivity contribution < 1.29 is 9.84 Å². The fourth-order valence-electron chi connectivity index (χ4n) is 2.27. The number of benzene rings is 1. The maximum atomic E-state index is 9.42. The minimum Gasteiger partial charge on any atom is -0.392 e. The third kappa shape index (κ3) is 2.73. The third-order valence-corrected chi connectivity index (χ3v) is 3.46. The molecule has 1 saturated heterocycles. The van der Waals surface area contributed by atoms with E-state index in [0.717, 1.165) is 37.4 Å². The van der Waals surface area contributed by atoms with Crippen LogP contribution in [0.25, 0.3) is 0 Å². The Bertz CT molecular complexity index is 384. The molecule has 94 valence electrons. The fourth-order valence-corrected chi connectivity index (χ4v) is 2.47. The molecule has 4 heteroatoms. The first-order chi connectivity index (χ1) is 8.26. The summed E-state index contributed by atoms with van der Waals surface area (Å²) in [4.78, 5) is 2.31.